The van der Waals surface area contributed by atoms with E-state index in [1.54, 1.807) is 19.1 Å². The standard InChI is InChI=1S/C15H23NO3/c1-13(18-12-8-7-11-16(2)3)19-15(17)14-9-5-4-6-10-14/h4-6,9-10,13H,7-8,11-12H2,1-3H3. The molecular formula is C15H23NO3. The van der Waals surface area contributed by atoms with Crippen LogP contribution in [-0.4, -0.2) is 44.4 Å². The molecule has 0 bridgehead atoms. The number of rotatable bonds is 8. The van der Waals surface area contributed by atoms with Crippen molar-refractivity contribution < 1.29 is 14.3 Å². The molecule has 0 aliphatic heterocycles. The summed E-state index contributed by atoms with van der Waals surface area (Å²) in [4.78, 5) is 13.9. The van der Waals surface area contributed by atoms with Crippen LogP contribution in [-0.2, 0) is 9.47 Å². The second-order valence-electron chi connectivity index (χ2n) is 4.72. The van der Waals surface area contributed by atoms with Crippen LogP contribution in [0.1, 0.15) is 30.1 Å². The highest BCUT2D eigenvalue weighted by molar-refractivity contribution is 5.89. The van der Waals surface area contributed by atoms with Crippen LogP contribution in [0.25, 0.3) is 0 Å². The molecule has 1 rings (SSSR count). The van der Waals surface area contributed by atoms with E-state index < -0.39 is 6.29 Å². The van der Waals surface area contributed by atoms with E-state index in [0.29, 0.717) is 12.2 Å². The Kier molecular flexibility index (Phi) is 7.15. The number of hydrogen-bond donors (Lipinski definition) is 0. The van der Waals surface area contributed by atoms with Crippen molar-refractivity contribution in [1.29, 1.82) is 0 Å². The van der Waals surface area contributed by atoms with Gasteiger partial charge < -0.3 is 14.4 Å². The maximum absolute atomic E-state index is 11.7. The molecule has 1 atom stereocenters. The molecule has 0 heterocycles. The molecule has 0 saturated heterocycles. The summed E-state index contributed by atoms with van der Waals surface area (Å²) in [5, 5.41) is 0. The molecule has 0 N–H and O–H groups in total. The van der Waals surface area contributed by atoms with E-state index >= 15 is 0 Å². The van der Waals surface area contributed by atoms with E-state index in [9.17, 15) is 4.79 Å². The molecule has 106 valence electrons. The van der Waals surface area contributed by atoms with Crippen LogP contribution in [0.5, 0.6) is 0 Å². The van der Waals surface area contributed by atoms with Crippen molar-refractivity contribution in [1.82, 2.24) is 4.90 Å². The molecule has 0 aromatic heterocycles. The van der Waals surface area contributed by atoms with Crippen molar-refractivity contribution in [2.45, 2.75) is 26.1 Å². The second kappa shape index (κ2) is 8.67. The first kappa shape index (κ1) is 15.7. The number of benzene rings is 1. The molecule has 19 heavy (non-hydrogen) atoms. The maximum Gasteiger partial charge on any atom is 0.340 e. The zero-order valence-corrected chi connectivity index (χ0v) is 12.0. The molecule has 0 fully saturated rings. The van der Waals surface area contributed by atoms with Crippen LogP contribution >= 0.6 is 0 Å². The van der Waals surface area contributed by atoms with E-state index in [2.05, 4.69) is 4.90 Å². The average Bonchev–Trinajstić information content (AvgIpc) is 2.39. The largest absolute Gasteiger partial charge is 0.432 e. The second-order valence-corrected chi connectivity index (χ2v) is 4.72. The minimum absolute atomic E-state index is 0.346. The number of unbranched alkanes of at least 4 members (excludes halogenated alkanes) is 1. The minimum Gasteiger partial charge on any atom is -0.432 e. The Bertz CT molecular complexity index is 365. The summed E-state index contributed by atoms with van der Waals surface area (Å²) < 4.78 is 10.6. The summed E-state index contributed by atoms with van der Waals surface area (Å²) in [6.45, 7) is 3.39. The molecule has 4 nitrogen and oxygen atoms in total. The van der Waals surface area contributed by atoms with Gasteiger partial charge in [0.1, 0.15) is 0 Å². The normalized spacial score (nSPS) is 12.4. The molecule has 1 aromatic rings. The molecule has 1 aromatic carbocycles. The van der Waals surface area contributed by atoms with Crippen molar-refractivity contribution in [2.75, 3.05) is 27.2 Å². The van der Waals surface area contributed by atoms with Gasteiger partial charge in [-0.05, 0) is 52.5 Å². The molecule has 0 amide bonds. The highest BCUT2D eigenvalue weighted by Crippen LogP contribution is 2.05. The first-order valence-corrected chi connectivity index (χ1v) is 6.62. The molecule has 0 spiro atoms. The monoisotopic (exact) mass is 265 g/mol. The van der Waals surface area contributed by atoms with E-state index in [-0.39, 0.29) is 5.97 Å². The summed E-state index contributed by atoms with van der Waals surface area (Å²) in [6.07, 6.45) is 1.53. The third-order valence-corrected chi connectivity index (χ3v) is 2.63. The SMILES string of the molecule is CC(OCCCCN(C)C)OC(=O)c1ccccc1. The van der Waals surface area contributed by atoms with Crippen molar-refractivity contribution in [3.8, 4) is 0 Å². The van der Waals surface area contributed by atoms with Crippen molar-refractivity contribution in [3.63, 3.8) is 0 Å². The fourth-order valence-corrected chi connectivity index (χ4v) is 1.61. The fourth-order valence-electron chi connectivity index (χ4n) is 1.61. The van der Waals surface area contributed by atoms with Gasteiger partial charge in [-0.3, -0.25) is 0 Å². The van der Waals surface area contributed by atoms with Gasteiger partial charge in [0.2, 0.25) is 0 Å². The lowest BCUT2D eigenvalue weighted by molar-refractivity contribution is -0.0987. The van der Waals surface area contributed by atoms with Crippen LogP contribution in [0.4, 0.5) is 0 Å². The van der Waals surface area contributed by atoms with Gasteiger partial charge in [-0.2, -0.15) is 0 Å². The van der Waals surface area contributed by atoms with Gasteiger partial charge in [0.25, 0.3) is 0 Å². The molecule has 0 saturated carbocycles. The zero-order chi connectivity index (χ0) is 14.1. The third kappa shape index (κ3) is 6.94. The van der Waals surface area contributed by atoms with E-state index in [0.717, 1.165) is 19.4 Å². The summed E-state index contributed by atoms with van der Waals surface area (Å²) in [5.74, 6) is -0.346. The van der Waals surface area contributed by atoms with Gasteiger partial charge in [0.15, 0.2) is 6.29 Å². The first-order chi connectivity index (χ1) is 9.09. The van der Waals surface area contributed by atoms with Gasteiger partial charge in [-0.1, -0.05) is 18.2 Å². The topological polar surface area (TPSA) is 38.8 Å². The van der Waals surface area contributed by atoms with Gasteiger partial charge in [-0.25, -0.2) is 4.79 Å². The van der Waals surface area contributed by atoms with Crippen molar-refractivity contribution in [3.05, 3.63) is 35.9 Å². The number of carbonyl (C=O) groups is 1. The molecular weight excluding hydrogens is 242 g/mol. The van der Waals surface area contributed by atoms with Crippen LogP contribution in [0, 0.1) is 0 Å². The maximum atomic E-state index is 11.7. The average molecular weight is 265 g/mol. The highest BCUT2D eigenvalue weighted by Gasteiger charge is 2.11. The Morgan fingerprint density at radius 2 is 1.89 bits per heavy atom. The van der Waals surface area contributed by atoms with E-state index in [1.165, 1.54) is 0 Å². The van der Waals surface area contributed by atoms with Gasteiger partial charge in [-0.15, -0.1) is 0 Å². The van der Waals surface area contributed by atoms with Gasteiger partial charge in [0.05, 0.1) is 12.2 Å². The fraction of sp³-hybridized carbons (Fsp3) is 0.533. The number of carbonyl (C=O) groups excluding carboxylic acids is 1. The zero-order valence-electron chi connectivity index (χ0n) is 12.0. The third-order valence-electron chi connectivity index (χ3n) is 2.63. The Balaban J connectivity index is 2.17. The van der Waals surface area contributed by atoms with Gasteiger partial charge in [0, 0.05) is 0 Å². The number of esters is 1. The molecule has 0 aliphatic rings. The number of nitrogens with zero attached hydrogens (tertiary/aromatic N) is 1. The summed E-state index contributed by atoms with van der Waals surface area (Å²) in [7, 11) is 4.09. The van der Waals surface area contributed by atoms with E-state index in [1.807, 2.05) is 32.3 Å². The number of ether oxygens (including phenoxy) is 2. The molecule has 0 radical (unpaired) electrons. The smallest absolute Gasteiger partial charge is 0.340 e. The summed E-state index contributed by atoms with van der Waals surface area (Å²) >= 11 is 0. The predicted octanol–water partition coefficient (Wildman–Crippen LogP) is 2.55. The van der Waals surface area contributed by atoms with Crippen LogP contribution in [0.15, 0.2) is 30.3 Å². The predicted molar refractivity (Wildman–Crippen MR) is 75.1 cm³/mol. The Labute approximate surface area is 115 Å². The summed E-state index contributed by atoms with van der Waals surface area (Å²) in [6, 6.07) is 8.94. The first-order valence-electron chi connectivity index (χ1n) is 6.62. The highest BCUT2D eigenvalue weighted by atomic mass is 16.7. The van der Waals surface area contributed by atoms with Gasteiger partial charge >= 0.3 is 5.97 Å². The van der Waals surface area contributed by atoms with Crippen LogP contribution < -0.4 is 0 Å². The lowest BCUT2D eigenvalue weighted by Gasteiger charge is -2.14. The van der Waals surface area contributed by atoms with E-state index in [4.69, 9.17) is 9.47 Å². The molecule has 1 unspecified atom stereocenters. The Morgan fingerprint density at radius 3 is 2.53 bits per heavy atom. The summed E-state index contributed by atoms with van der Waals surface area (Å²) in [5.41, 5.74) is 0.547. The van der Waals surface area contributed by atoms with Crippen LogP contribution in [0.3, 0.4) is 0 Å². The van der Waals surface area contributed by atoms with Crippen molar-refractivity contribution in [2.24, 2.45) is 0 Å². The van der Waals surface area contributed by atoms with Crippen molar-refractivity contribution >= 4 is 5.97 Å². The lowest BCUT2D eigenvalue weighted by atomic mass is 10.2. The Morgan fingerprint density at radius 1 is 1.21 bits per heavy atom. The lowest BCUT2D eigenvalue weighted by Crippen LogP contribution is -2.19. The Hall–Kier alpha value is -1.39. The molecule has 4 heteroatoms. The quantitative estimate of drug-likeness (QED) is 0.411. The number of hydrogen-bond acceptors (Lipinski definition) is 4. The minimum atomic E-state index is -0.507. The van der Waals surface area contributed by atoms with Crippen LogP contribution in [0.2, 0.25) is 0 Å². The molecule has 0 aliphatic carbocycles.